The molecule has 4 rings (SSSR count). The highest BCUT2D eigenvalue weighted by atomic mass is 35.5. The molecule has 1 fully saturated rings. The number of aromatic nitrogens is 2. The lowest BCUT2D eigenvalue weighted by Crippen LogP contribution is -2.56. The summed E-state index contributed by atoms with van der Waals surface area (Å²) in [7, 11) is 0. The predicted octanol–water partition coefficient (Wildman–Crippen LogP) is 3.37. The molecular formula is C22H24Cl2N6O3. The summed E-state index contributed by atoms with van der Waals surface area (Å²) >= 11 is 12.4. The molecule has 0 spiro atoms. The van der Waals surface area contributed by atoms with E-state index >= 15 is 0 Å². The molecule has 33 heavy (non-hydrogen) atoms. The van der Waals surface area contributed by atoms with Gasteiger partial charge >= 0.3 is 0 Å². The van der Waals surface area contributed by atoms with E-state index in [1.54, 1.807) is 30.0 Å². The van der Waals surface area contributed by atoms with E-state index in [1.807, 2.05) is 6.92 Å². The molecule has 0 bridgehead atoms. The molecular weight excluding hydrogens is 467 g/mol. The Labute approximate surface area is 201 Å². The number of carbonyl (C=O) groups is 2. The maximum atomic E-state index is 13.2. The normalized spacial score (nSPS) is 25.5. The molecule has 3 atom stereocenters. The lowest BCUT2D eigenvalue weighted by atomic mass is 9.86. The standard InChI is InChI=1S/C22H24Cl2N6O3/c1-12-8-14(6-7-33-12)30-17(31)9-22(2,29-21(30)25)15-4-3-5-16(18(15)24)28-20(32)19-26-10-13(23)11-27-19/h3-5,10-12,14H,6-9H2,1-2H3,(H2,25,29)(H,28,32)/t12-,14-,22+/m1/s1. The van der Waals surface area contributed by atoms with E-state index in [9.17, 15) is 9.59 Å². The van der Waals surface area contributed by atoms with Crippen LogP contribution in [0.2, 0.25) is 10.0 Å². The number of carbonyl (C=O) groups excluding carboxylic acids is 2. The van der Waals surface area contributed by atoms with Gasteiger partial charge in [0, 0.05) is 30.6 Å². The number of ether oxygens (including phenoxy) is 1. The molecule has 0 saturated carbocycles. The second kappa shape index (κ2) is 9.24. The molecule has 2 amide bonds. The Kier molecular flexibility index (Phi) is 6.56. The average Bonchev–Trinajstić information content (AvgIpc) is 2.75. The van der Waals surface area contributed by atoms with Crippen molar-refractivity contribution in [3.63, 3.8) is 0 Å². The van der Waals surface area contributed by atoms with E-state index < -0.39 is 11.4 Å². The fourth-order valence-corrected chi connectivity index (χ4v) is 4.74. The fraction of sp³-hybridized carbons (Fsp3) is 0.409. The van der Waals surface area contributed by atoms with E-state index in [0.29, 0.717) is 35.7 Å². The molecule has 0 unspecified atom stereocenters. The van der Waals surface area contributed by atoms with E-state index in [0.717, 1.165) is 0 Å². The summed E-state index contributed by atoms with van der Waals surface area (Å²) < 4.78 is 5.59. The Bertz CT molecular complexity index is 1110. The van der Waals surface area contributed by atoms with Gasteiger partial charge in [0.15, 0.2) is 5.96 Å². The minimum atomic E-state index is -0.983. The fourth-order valence-electron chi connectivity index (χ4n) is 4.26. The van der Waals surface area contributed by atoms with Gasteiger partial charge in [-0.1, -0.05) is 35.3 Å². The Morgan fingerprint density at radius 2 is 2.03 bits per heavy atom. The van der Waals surface area contributed by atoms with Crippen LogP contribution in [0.5, 0.6) is 0 Å². The van der Waals surface area contributed by atoms with Crippen LogP contribution in [0.4, 0.5) is 5.69 Å². The van der Waals surface area contributed by atoms with Crippen molar-refractivity contribution >= 4 is 46.7 Å². The van der Waals surface area contributed by atoms with Gasteiger partial charge in [-0.3, -0.25) is 14.5 Å². The van der Waals surface area contributed by atoms with Gasteiger partial charge in [0.2, 0.25) is 11.7 Å². The molecule has 174 valence electrons. The zero-order valence-electron chi connectivity index (χ0n) is 18.2. The molecule has 3 heterocycles. The number of hydrogen-bond acceptors (Lipinski definition) is 7. The first kappa shape index (κ1) is 23.4. The number of benzene rings is 1. The number of aliphatic imine (C=N–C) groups is 1. The quantitative estimate of drug-likeness (QED) is 0.676. The number of nitrogens with zero attached hydrogens (tertiary/aromatic N) is 4. The second-order valence-electron chi connectivity index (χ2n) is 8.39. The van der Waals surface area contributed by atoms with E-state index in [4.69, 9.17) is 33.7 Å². The van der Waals surface area contributed by atoms with Gasteiger partial charge in [-0.15, -0.1) is 0 Å². The Morgan fingerprint density at radius 1 is 1.30 bits per heavy atom. The van der Waals surface area contributed by atoms with Gasteiger partial charge in [-0.05, 0) is 32.8 Å². The highest BCUT2D eigenvalue weighted by molar-refractivity contribution is 6.35. The highest BCUT2D eigenvalue weighted by Gasteiger charge is 2.42. The third-order valence-electron chi connectivity index (χ3n) is 5.85. The van der Waals surface area contributed by atoms with Crippen molar-refractivity contribution in [1.82, 2.24) is 14.9 Å². The maximum absolute atomic E-state index is 13.2. The van der Waals surface area contributed by atoms with Gasteiger partial charge in [0.25, 0.3) is 5.91 Å². The summed E-state index contributed by atoms with van der Waals surface area (Å²) in [6.07, 6.45) is 4.22. The van der Waals surface area contributed by atoms with Crippen LogP contribution in [0, 0.1) is 0 Å². The van der Waals surface area contributed by atoms with Crippen LogP contribution in [-0.2, 0) is 15.1 Å². The lowest BCUT2D eigenvalue weighted by molar-refractivity contribution is -0.133. The number of amides is 2. The number of nitrogens with one attached hydrogen (secondary N) is 1. The van der Waals surface area contributed by atoms with Crippen molar-refractivity contribution in [2.24, 2.45) is 10.7 Å². The number of anilines is 1. The smallest absolute Gasteiger partial charge is 0.293 e. The van der Waals surface area contributed by atoms with Crippen molar-refractivity contribution in [3.8, 4) is 0 Å². The predicted molar refractivity (Wildman–Crippen MR) is 125 cm³/mol. The van der Waals surface area contributed by atoms with Crippen molar-refractivity contribution in [3.05, 3.63) is 52.0 Å². The van der Waals surface area contributed by atoms with Crippen LogP contribution < -0.4 is 11.1 Å². The zero-order chi connectivity index (χ0) is 23.8. The van der Waals surface area contributed by atoms with Gasteiger partial charge in [-0.25, -0.2) is 15.0 Å². The number of halogens is 2. The van der Waals surface area contributed by atoms with Gasteiger partial charge in [0.1, 0.15) is 0 Å². The van der Waals surface area contributed by atoms with Crippen LogP contribution in [0.3, 0.4) is 0 Å². The first-order chi connectivity index (χ1) is 15.7. The van der Waals surface area contributed by atoms with E-state index in [-0.39, 0.29) is 41.3 Å². The van der Waals surface area contributed by atoms with Gasteiger partial charge in [-0.2, -0.15) is 0 Å². The molecule has 0 radical (unpaired) electrons. The third-order valence-corrected chi connectivity index (χ3v) is 6.45. The largest absolute Gasteiger partial charge is 0.378 e. The molecule has 11 heteroatoms. The summed E-state index contributed by atoms with van der Waals surface area (Å²) in [5.41, 5.74) is 6.23. The monoisotopic (exact) mass is 490 g/mol. The number of hydrogen-bond donors (Lipinski definition) is 2. The maximum Gasteiger partial charge on any atom is 0.293 e. The Balaban J connectivity index is 1.60. The molecule has 2 aliphatic rings. The summed E-state index contributed by atoms with van der Waals surface area (Å²) in [5.74, 6) is -0.556. The Hall–Kier alpha value is -2.75. The molecule has 3 N–H and O–H groups in total. The lowest BCUT2D eigenvalue weighted by Gasteiger charge is -2.41. The average molecular weight is 491 g/mol. The molecule has 9 nitrogen and oxygen atoms in total. The second-order valence-corrected chi connectivity index (χ2v) is 9.20. The Morgan fingerprint density at radius 3 is 2.70 bits per heavy atom. The van der Waals surface area contributed by atoms with Gasteiger partial charge < -0.3 is 15.8 Å². The minimum absolute atomic E-state index is 0.0463. The molecule has 1 saturated heterocycles. The highest BCUT2D eigenvalue weighted by Crippen LogP contribution is 2.41. The van der Waals surface area contributed by atoms with Gasteiger partial charge in [0.05, 0.1) is 33.8 Å². The summed E-state index contributed by atoms with van der Waals surface area (Å²) in [6, 6.07) is 5.10. The first-order valence-corrected chi connectivity index (χ1v) is 11.3. The van der Waals surface area contributed by atoms with Crippen LogP contribution in [0.15, 0.2) is 35.6 Å². The van der Waals surface area contributed by atoms with Crippen molar-refractivity contribution in [2.45, 2.75) is 50.8 Å². The van der Waals surface area contributed by atoms with Crippen LogP contribution in [0.25, 0.3) is 0 Å². The van der Waals surface area contributed by atoms with E-state index in [2.05, 4.69) is 20.3 Å². The van der Waals surface area contributed by atoms with E-state index in [1.165, 1.54) is 12.4 Å². The number of nitrogens with two attached hydrogens (primary N) is 1. The summed E-state index contributed by atoms with van der Waals surface area (Å²) in [6.45, 7) is 4.36. The first-order valence-electron chi connectivity index (χ1n) is 10.5. The molecule has 0 aliphatic carbocycles. The molecule has 2 aliphatic heterocycles. The van der Waals surface area contributed by atoms with Crippen LogP contribution >= 0.6 is 23.2 Å². The summed E-state index contributed by atoms with van der Waals surface area (Å²) in [4.78, 5) is 39.8. The van der Waals surface area contributed by atoms with Crippen molar-refractivity contribution in [1.29, 1.82) is 0 Å². The molecule has 1 aromatic carbocycles. The van der Waals surface area contributed by atoms with Crippen LogP contribution in [0.1, 0.15) is 49.3 Å². The third kappa shape index (κ3) is 4.80. The van der Waals surface area contributed by atoms with Crippen molar-refractivity contribution in [2.75, 3.05) is 11.9 Å². The zero-order valence-corrected chi connectivity index (χ0v) is 19.7. The summed E-state index contributed by atoms with van der Waals surface area (Å²) in [5, 5.41) is 3.29. The number of guanidine groups is 1. The SMILES string of the molecule is C[C@@H]1C[C@H](N2C(=O)C[C@@](C)(c3cccc(NC(=O)c4ncc(Cl)cn4)c3Cl)N=C2N)CCO1. The minimum Gasteiger partial charge on any atom is -0.378 e. The molecule has 2 aromatic rings. The van der Waals surface area contributed by atoms with Crippen LogP contribution in [-0.4, -0.2) is 51.4 Å². The topological polar surface area (TPSA) is 123 Å². The van der Waals surface area contributed by atoms with Crippen molar-refractivity contribution < 1.29 is 14.3 Å². The number of rotatable bonds is 4. The molecule has 1 aromatic heterocycles.